The average molecular weight is 389 g/mol. The quantitative estimate of drug-likeness (QED) is 0.670. The predicted molar refractivity (Wildman–Crippen MR) is 103 cm³/mol. The van der Waals surface area contributed by atoms with Gasteiger partial charge in [0.1, 0.15) is 5.82 Å². The third-order valence-corrected chi connectivity index (χ3v) is 5.42. The molecule has 0 saturated carbocycles. The third-order valence-electron chi connectivity index (χ3n) is 3.64. The maximum Gasteiger partial charge on any atom is 0.263 e. The summed E-state index contributed by atoms with van der Waals surface area (Å²) < 4.78 is 27.3. The van der Waals surface area contributed by atoms with E-state index in [4.69, 9.17) is 11.6 Å². The maximum absolute atomic E-state index is 12.4. The summed E-state index contributed by atoms with van der Waals surface area (Å²) in [4.78, 5) is 8.50. The van der Waals surface area contributed by atoms with Gasteiger partial charge in [-0.1, -0.05) is 17.7 Å². The fourth-order valence-electron chi connectivity index (χ4n) is 2.24. The average Bonchev–Trinajstić information content (AvgIpc) is 2.64. The molecule has 0 aliphatic carbocycles. The van der Waals surface area contributed by atoms with Crippen molar-refractivity contribution < 1.29 is 8.42 Å². The van der Waals surface area contributed by atoms with Crippen molar-refractivity contribution in [2.45, 2.75) is 18.4 Å². The molecule has 0 fully saturated rings. The fraction of sp³-hybridized carbons (Fsp3) is 0.111. The van der Waals surface area contributed by atoms with Gasteiger partial charge in [-0.25, -0.2) is 13.4 Å². The van der Waals surface area contributed by atoms with Crippen molar-refractivity contribution >= 4 is 33.1 Å². The van der Waals surface area contributed by atoms with Crippen LogP contribution in [-0.2, 0) is 16.6 Å². The van der Waals surface area contributed by atoms with Crippen LogP contribution in [0.4, 0.5) is 11.5 Å². The number of aryl methyl sites for hydroxylation is 1. The van der Waals surface area contributed by atoms with Gasteiger partial charge in [0.05, 0.1) is 29.0 Å². The normalized spacial score (nSPS) is 11.2. The van der Waals surface area contributed by atoms with Gasteiger partial charge in [-0.2, -0.15) is 0 Å². The number of anilines is 2. The molecule has 2 heterocycles. The van der Waals surface area contributed by atoms with E-state index >= 15 is 0 Å². The van der Waals surface area contributed by atoms with Crippen LogP contribution in [0, 0.1) is 6.92 Å². The lowest BCUT2D eigenvalue weighted by Gasteiger charge is -2.10. The van der Waals surface area contributed by atoms with Gasteiger partial charge in [0.25, 0.3) is 10.0 Å². The molecule has 0 atom stereocenters. The van der Waals surface area contributed by atoms with E-state index in [9.17, 15) is 8.42 Å². The Balaban J connectivity index is 1.67. The standard InChI is InChI=1S/C18H17ClN4O2S/c1-13-10-16(6-7-17(13)19)26(24,25)23-18-8-5-15(12-22-18)21-11-14-4-2-3-9-20-14/h2-10,12,21H,11H2,1H3,(H,22,23). The van der Waals surface area contributed by atoms with E-state index in [0.29, 0.717) is 17.1 Å². The van der Waals surface area contributed by atoms with Crippen LogP contribution in [0.3, 0.4) is 0 Å². The Kier molecular flexibility index (Phi) is 5.39. The second kappa shape index (κ2) is 7.72. The topological polar surface area (TPSA) is 84.0 Å². The summed E-state index contributed by atoms with van der Waals surface area (Å²) >= 11 is 5.94. The monoisotopic (exact) mass is 388 g/mol. The number of nitrogens with one attached hydrogen (secondary N) is 2. The van der Waals surface area contributed by atoms with Gasteiger partial charge in [-0.3, -0.25) is 9.71 Å². The Morgan fingerprint density at radius 3 is 2.58 bits per heavy atom. The van der Waals surface area contributed by atoms with Crippen LogP contribution in [0.25, 0.3) is 0 Å². The number of halogens is 1. The van der Waals surface area contributed by atoms with Crippen LogP contribution in [0.2, 0.25) is 5.02 Å². The summed E-state index contributed by atoms with van der Waals surface area (Å²) in [5, 5.41) is 3.70. The fourth-order valence-corrected chi connectivity index (χ4v) is 3.45. The predicted octanol–water partition coefficient (Wildman–Crippen LogP) is 3.85. The summed E-state index contributed by atoms with van der Waals surface area (Å²) in [5.74, 6) is 0.237. The summed E-state index contributed by atoms with van der Waals surface area (Å²) in [6.07, 6.45) is 3.29. The van der Waals surface area contributed by atoms with E-state index in [1.165, 1.54) is 12.1 Å². The number of rotatable bonds is 6. The lowest BCUT2D eigenvalue weighted by molar-refractivity contribution is 0.601. The third kappa shape index (κ3) is 4.50. The minimum atomic E-state index is -3.72. The molecule has 0 spiro atoms. The first-order valence-corrected chi connectivity index (χ1v) is 9.69. The van der Waals surface area contributed by atoms with Crippen LogP contribution < -0.4 is 10.0 Å². The highest BCUT2D eigenvalue weighted by atomic mass is 35.5. The van der Waals surface area contributed by atoms with E-state index in [0.717, 1.165) is 11.4 Å². The first-order chi connectivity index (χ1) is 12.4. The maximum atomic E-state index is 12.4. The van der Waals surface area contributed by atoms with Crippen molar-refractivity contribution in [2.24, 2.45) is 0 Å². The Labute approximate surface area is 157 Å². The number of aromatic nitrogens is 2. The Morgan fingerprint density at radius 2 is 1.92 bits per heavy atom. The highest BCUT2D eigenvalue weighted by Gasteiger charge is 2.15. The SMILES string of the molecule is Cc1cc(S(=O)(=O)Nc2ccc(NCc3ccccn3)cn2)ccc1Cl. The molecule has 0 aliphatic heterocycles. The molecule has 2 aromatic heterocycles. The van der Waals surface area contributed by atoms with Crippen LogP contribution in [0.5, 0.6) is 0 Å². The highest BCUT2D eigenvalue weighted by Crippen LogP contribution is 2.21. The minimum absolute atomic E-state index is 0.138. The summed E-state index contributed by atoms with van der Waals surface area (Å²) in [6, 6.07) is 13.6. The lowest BCUT2D eigenvalue weighted by Crippen LogP contribution is -2.14. The number of benzene rings is 1. The van der Waals surface area contributed by atoms with Gasteiger partial charge in [0.2, 0.25) is 0 Å². The molecule has 3 rings (SSSR count). The second-order valence-electron chi connectivity index (χ2n) is 5.62. The van der Waals surface area contributed by atoms with Gasteiger partial charge in [0.15, 0.2) is 0 Å². The zero-order valence-corrected chi connectivity index (χ0v) is 15.6. The molecule has 0 radical (unpaired) electrons. The number of hydrogen-bond acceptors (Lipinski definition) is 5. The molecule has 0 aliphatic rings. The number of nitrogens with zero attached hydrogens (tertiary/aromatic N) is 2. The van der Waals surface area contributed by atoms with Gasteiger partial charge >= 0.3 is 0 Å². The number of hydrogen-bond donors (Lipinski definition) is 2. The molecule has 0 unspecified atom stereocenters. The molecule has 8 heteroatoms. The summed E-state index contributed by atoms with van der Waals surface area (Å²) in [6.45, 7) is 2.30. The molecule has 0 bridgehead atoms. The van der Waals surface area contributed by atoms with Crippen molar-refractivity contribution in [3.8, 4) is 0 Å². The Morgan fingerprint density at radius 1 is 1.08 bits per heavy atom. The van der Waals surface area contributed by atoms with Crippen LogP contribution >= 0.6 is 11.6 Å². The lowest BCUT2D eigenvalue weighted by atomic mass is 10.2. The molecular formula is C18H17ClN4O2S. The van der Waals surface area contributed by atoms with Crippen LogP contribution in [-0.4, -0.2) is 18.4 Å². The highest BCUT2D eigenvalue weighted by molar-refractivity contribution is 7.92. The zero-order chi connectivity index (χ0) is 18.6. The molecule has 6 nitrogen and oxygen atoms in total. The van der Waals surface area contributed by atoms with Crippen LogP contribution in [0.15, 0.2) is 65.8 Å². The first kappa shape index (κ1) is 18.2. The Bertz CT molecular complexity index is 993. The zero-order valence-electron chi connectivity index (χ0n) is 14.0. The molecule has 2 N–H and O–H groups in total. The summed E-state index contributed by atoms with van der Waals surface area (Å²) in [7, 11) is -3.72. The molecule has 1 aromatic carbocycles. The number of sulfonamides is 1. The van der Waals surface area contributed by atoms with Gasteiger partial charge in [0, 0.05) is 11.2 Å². The first-order valence-electron chi connectivity index (χ1n) is 7.83. The summed E-state index contributed by atoms with van der Waals surface area (Å²) in [5.41, 5.74) is 2.35. The smallest absolute Gasteiger partial charge is 0.263 e. The minimum Gasteiger partial charge on any atom is -0.378 e. The van der Waals surface area contributed by atoms with Crippen LogP contribution in [0.1, 0.15) is 11.3 Å². The van der Waals surface area contributed by atoms with Crippen molar-refractivity contribution in [1.29, 1.82) is 0 Å². The Hall–Kier alpha value is -2.64. The van der Waals surface area contributed by atoms with Crippen molar-refractivity contribution in [2.75, 3.05) is 10.0 Å². The molecule has 0 saturated heterocycles. The van der Waals surface area contributed by atoms with E-state index in [2.05, 4.69) is 20.0 Å². The van der Waals surface area contributed by atoms with Gasteiger partial charge in [-0.05, 0) is 55.0 Å². The van der Waals surface area contributed by atoms with E-state index in [1.807, 2.05) is 18.2 Å². The van der Waals surface area contributed by atoms with Crippen molar-refractivity contribution in [1.82, 2.24) is 9.97 Å². The molecule has 0 amide bonds. The molecule has 26 heavy (non-hydrogen) atoms. The van der Waals surface area contributed by atoms with E-state index < -0.39 is 10.0 Å². The van der Waals surface area contributed by atoms with E-state index in [1.54, 1.807) is 37.5 Å². The van der Waals surface area contributed by atoms with Crippen molar-refractivity contribution in [3.05, 3.63) is 77.2 Å². The van der Waals surface area contributed by atoms with Gasteiger partial charge < -0.3 is 5.32 Å². The number of pyridine rings is 2. The molecule has 3 aromatic rings. The largest absolute Gasteiger partial charge is 0.378 e. The van der Waals surface area contributed by atoms with E-state index in [-0.39, 0.29) is 10.7 Å². The second-order valence-corrected chi connectivity index (χ2v) is 7.71. The van der Waals surface area contributed by atoms with Gasteiger partial charge in [-0.15, -0.1) is 0 Å². The van der Waals surface area contributed by atoms with Crippen molar-refractivity contribution in [3.63, 3.8) is 0 Å². The molecular weight excluding hydrogens is 372 g/mol. The molecule has 134 valence electrons.